The van der Waals surface area contributed by atoms with E-state index in [1.807, 2.05) is 16.1 Å². The van der Waals surface area contributed by atoms with Crippen molar-refractivity contribution in [2.45, 2.75) is 68.8 Å². The molecule has 2 aliphatic heterocycles. The second kappa shape index (κ2) is 9.63. The van der Waals surface area contributed by atoms with E-state index in [1.54, 1.807) is 19.1 Å². The van der Waals surface area contributed by atoms with Crippen LogP contribution in [0.25, 0.3) is 0 Å². The monoisotopic (exact) mass is 463 g/mol. The molecule has 11 heteroatoms. The number of amides is 1. The summed E-state index contributed by atoms with van der Waals surface area (Å²) in [4.78, 5) is 13.8. The molecule has 1 saturated carbocycles. The first-order valence-electron chi connectivity index (χ1n) is 11.4. The van der Waals surface area contributed by atoms with Crippen LogP contribution in [0.15, 0.2) is 28.2 Å². The first-order chi connectivity index (χ1) is 15.4. The van der Waals surface area contributed by atoms with Gasteiger partial charge >= 0.3 is 0 Å². The van der Waals surface area contributed by atoms with E-state index < -0.39 is 10.0 Å². The largest absolute Gasteiger partial charge is 0.382 e. The third-order valence-corrected chi connectivity index (χ3v) is 7.90. The van der Waals surface area contributed by atoms with Crippen molar-refractivity contribution < 1.29 is 13.2 Å². The number of likely N-dealkylation sites (tertiary alicyclic amines) is 1. The van der Waals surface area contributed by atoms with Gasteiger partial charge in [0, 0.05) is 37.3 Å². The molecular formula is C21H33N7O3S. The standard InChI is InChI=1S/C21H33N7O3S/c1-15(29)27-12-6-9-17(14-27)28-25-21(24-26-28)19-13-18(32(30,31)22-2)10-11-20(19)23-16-7-4-3-5-8-16/h10-11,13,16-17,22-23,26H,3-9,12,14H2,1-2H3,(H,24,25). The molecule has 2 heterocycles. The van der Waals surface area contributed by atoms with Crippen molar-refractivity contribution in [2.24, 2.45) is 5.10 Å². The number of hydrogen-bond donors (Lipinski definition) is 4. The van der Waals surface area contributed by atoms with Crippen LogP contribution in [0.3, 0.4) is 0 Å². The molecule has 0 aromatic heterocycles. The van der Waals surface area contributed by atoms with E-state index in [1.165, 1.54) is 26.3 Å². The fourth-order valence-electron chi connectivity index (χ4n) is 4.61. The lowest BCUT2D eigenvalue weighted by atomic mass is 9.95. The minimum Gasteiger partial charge on any atom is -0.382 e. The quantitative estimate of drug-likeness (QED) is 0.503. The summed E-state index contributed by atoms with van der Waals surface area (Å²) in [5.41, 5.74) is 7.86. The number of sulfonamides is 1. The highest BCUT2D eigenvalue weighted by Crippen LogP contribution is 2.27. The van der Waals surface area contributed by atoms with Crippen LogP contribution in [-0.4, -0.2) is 62.4 Å². The third-order valence-electron chi connectivity index (χ3n) is 6.49. The smallest absolute Gasteiger partial charge is 0.240 e. The average molecular weight is 464 g/mol. The highest BCUT2D eigenvalue weighted by Gasteiger charge is 2.31. The molecule has 1 aliphatic carbocycles. The van der Waals surface area contributed by atoms with Gasteiger partial charge in [0.25, 0.3) is 0 Å². The summed E-state index contributed by atoms with van der Waals surface area (Å²) in [6, 6.07) is 5.51. The predicted octanol–water partition coefficient (Wildman–Crippen LogP) is 1.34. The summed E-state index contributed by atoms with van der Waals surface area (Å²) < 4.78 is 27.2. The first kappa shape index (κ1) is 22.8. The highest BCUT2D eigenvalue weighted by atomic mass is 32.2. The molecule has 1 aromatic rings. The van der Waals surface area contributed by atoms with Gasteiger partial charge in [0.2, 0.25) is 15.9 Å². The van der Waals surface area contributed by atoms with Crippen LogP contribution in [0, 0.1) is 0 Å². The summed E-state index contributed by atoms with van der Waals surface area (Å²) in [5.74, 6) is 0.621. The van der Waals surface area contributed by atoms with Gasteiger partial charge in [-0.3, -0.25) is 10.2 Å². The molecule has 0 radical (unpaired) electrons. The van der Waals surface area contributed by atoms with E-state index in [2.05, 4.69) is 26.1 Å². The molecule has 1 amide bonds. The molecule has 1 unspecified atom stereocenters. The van der Waals surface area contributed by atoms with Crippen LogP contribution >= 0.6 is 0 Å². The van der Waals surface area contributed by atoms with Crippen molar-refractivity contribution in [3.05, 3.63) is 23.8 Å². The molecule has 3 aliphatic rings. The summed E-state index contributed by atoms with van der Waals surface area (Å²) >= 11 is 0. The Labute approximate surface area is 189 Å². The molecule has 32 heavy (non-hydrogen) atoms. The summed E-state index contributed by atoms with van der Waals surface area (Å²) in [6.07, 6.45) is 7.70. The molecule has 0 spiro atoms. The van der Waals surface area contributed by atoms with Crippen LogP contribution in [0.1, 0.15) is 57.4 Å². The van der Waals surface area contributed by atoms with Crippen LogP contribution in [0.5, 0.6) is 0 Å². The van der Waals surface area contributed by atoms with Gasteiger partial charge in [-0.15, -0.1) is 10.2 Å². The number of benzene rings is 1. The van der Waals surface area contributed by atoms with Crippen molar-refractivity contribution in [1.29, 1.82) is 0 Å². The molecule has 176 valence electrons. The first-order valence-corrected chi connectivity index (χ1v) is 12.8. The molecule has 2 fully saturated rings. The van der Waals surface area contributed by atoms with E-state index in [0.29, 0.717) is 24.0 Å². The van der Waals surface area contributed by atoms with E-state index in [-0.39, 0.29) is 16.8 Å². The molecular weight excluding hydrogens is 430 g/mol. The lowest BCUT2D eigenvalue weighted by Gasteiger charge is -2.36. The predicted molar refractivity (Wildman–Crippen MR) is 123 cm³/mol. The third kappa shape index (κ3) is 5.00. The molecule has 1 atom stereocenters. The number of hydrazine groups is 2. The maximum Gasteiger partial charge on any atom is 0.240 e. The van der Waals surface area contributed by atoms with Crippen molar-refractivity contribution in [3.8, 4) is 0 Å². The topological polar surface area (TPSA) is 118 Å². The van der Waals surface area contributed by atoms with Gasteiger partial charge in [-0.25, -0.2) is 18.7 Å². The summed E-state index contributed by atoms with van der Waals surface area (Å²) in [7, 11) is -2.19. The Balaban J connectivity index is 1.56. The number of piperidine rings is 1. The normalized spacial score (nSPS) is 22.8. The van der Waals surface area contributed by atoms with Gasteiger partial charge < -0.3 is 10.2 Å². The van der Waals surface area contributed by atoms with Crippen LogP contribution in [-0.2, 0) is 14.8 Å². The van der Waals surface area contributed by atoms with Crippen molar-refractivity contribution in [2.75, 3.05) is 25.5 Å². The summed E-state index contributed by atoms with van der Waals surface area (Å²) in [6.45, 7) is 2.97. The van der Waals surface area contributed by atoms with Gasteiger partial charge in [0.15, 0.2) is 5.84 Å². The van der Waals surface area contributed by atoms with Gasteiger partial charge in [-0.05, 0) is 50.9 Å². The van der Waals surface area contributed by atoms with Crippen molar-refractivity contribution in [1.82, 2.24) is 25.7 Å². The number of anilines is 1. The van der Waals surface area contributed by atoms with E-state index in [0.717, 1.165) is 37.9 Å². The Morgan fingerprint density at radius 2 is 1.94 bits per heavy atom. The zero-order chi connectivity index (χ0) is 22.7. The maximum atomic E-state index is 12.4. The fraction of sp³-hybridized carbons (Fsp3) is 0.619. The zero-order valence-corrected chi connectivity index (χ0v) is 19.5. The highest BCUT2D eigenvalue weighted by molar-refractivity contribution is 7.89. The minimum atomic E-state index is -3.59. The molecule has 1 aromatic carbocycles. The van der Waals surface area contributed by atoms with E-state index in [9.17, 15) is 13.2 Å². The fourth-order valence-corrected chi connectivity index (χ4v) is 5.37. The van der Waals surface area contributed by atoms with Gasteiger partial charge in [0.05, 0.1) is 10.9 Å². The molecule has 1 saturated heterocycles. The van der Waals surface area contributed by atoms with Gasteiger partial charge in [-0.1, -0.05) is 19.3 Å². The molecule has 0 bridgehead atoms. The number of amidine groups is 1. The van der Waals surface area contributed by atoms with Crippen LogP contribution in [0.2, 0.25) is 0 Å². The maximum absolute atomic E-state index is 12.4. The van der Waals surface area contributed by atoms with Crippen molar-refractivity contribution >= 4 is 27.5 Å². The molecule has 4 rings (SSSR count). The minimum absolute atomic E-state index is 0.0628. The number of nitrogens with one attached hydrogen (secondary N) is 4. The van der Waals surface area contributed by atoms with Gasteiger partial charge in [0.1, 0.15) is 0 Å². The number of hydrogen-bond acceptors (Lipinski definition) is 8. The molecule has 4 N–H and O–H groups in total. The Bertz CT molecular complexity index is 976. The van der Waals surface area contributed by atoms with E-state index in [4.69, 9.17) is 0 Å². The van der Waals surface area contributed by atoms with E-state index >= 15 is 0 Å². The average Bonchev–Trinajstić information content (AvgIpc) is 3.30. The van der Waals surface area contributed by atoms with Crippen LogP contribution in [0.4, 0.5) is 5.69 Å². The van der Waals surface area contributed by atoms with Gasteiger partial charge in [-0.2, -0.15) is 0 Å². The number of nitrogens with zero attached hydrogens (tertiary/aromatic N) is 3. The SMILES string of the molecule is CNS(=O)(=O)c1ccc(NC2CCCCC2)c(C2=NNN(C3CCCN(C(C)=O)C3)N2)c1. The zero-order valence-electron chi connectivity index (χ0n) is 18.7. The number of carbonyl (C=O) groups is 1. The number of hydrazone groups is 1. The Kier molecular flexibility index (Phi) is 6.87. The Morgan fingerprint density at radius 1 is 1.16 bits per heavy atom. The molecule has 10 nitrogen and oxygen atoms in total. The Hall–Kier alpha value is -2.37. The summed E-state index contributed by atoms with van der Waals surface area (Å²) in [5, 5.41) is 9.88. The number of carbonyl (C=O) groups excluding carboxylic acids is 1. The van der Waals surface area contributed by atoms with Crippen molar-refractivity contribution in [3.63, 3.8) is 0 Å². The number of rotatable bonds is 6. The Morgan fingerprint density at radius 3 is 2.66 bits per heavy atom. The lowest BCUT2D eigenvalue weighted by molar-refractivity contribution is -0.131. The second-order valence-electron chi connectivity index (χ2n) is 8.70. The lowest BCUT2D eigenvalue weighted by Crippen LogP contribution is -2.56. The second-order valence-corrected chi connectivity index (χ2v) is 10.6. The van der Waals surface area contributed by atoms with Crippen LogP contribution < -0.4 is 21.0 Å².